The van der Waals surface area contributed by atoms with E-state index in [1.807, 2.05) is 30.3 Å². The third-order valence-electron chi connectivity index (χ3n) is 2.22. The first-order chi connectivity index (χ1) is 7.68. The minimum atomic E-state index is -1.05. The molecule has 2 rings (SSSR count). The van der Waals surface area contributed by atoms with Crippen LogP contribution in [0, 0.1) is 6.92 Å². The van der Waals surface area contributed by atoms with E-state index in [-0.39, 0.29) is 5.69 Å². The molecule has 0 aliphatic rings. The molecule has 4 nitrogen and oxygen atoms in total. The molecule has 0 aliphatic heterocycles. The molecule has 16 heavy (non-hydrogen) atoms. The minimum absolute atomic E-state index is 0.000295. The number of carboxylic acid groups (broad SMARTS) is 1. The fraction of sp³-hybridized carbons (Fsp3) is 0.0833. The van der Waals surface area contributed by atoms with Crippen molar-refractivity contribution in [1.82, 2.24) is 9.97 Å². The molecule has 0 radical (unpaired) electrons. The first-order valence-corrected chi connectivity index (χ1v) is 4.81. The molecule has 0 saturated carbocycles. The molecule has 4 heteroatoms. The SMILES string of the molecule is Cc1nc(-c2ccccc2)cnc1C(=O)O. The summed E-state index contributed by atoms with van der Waals surface area (Å²) in [5.74, 6) is -1.05. The molecule has 1 heterocycles. The second-order valence-electron chi connectivity index (χ2n) is 3.36. The number of nitrogens with zero attached hydrogens (tertiary/aromatic N) is 2. The number of rotatable bonds is 2. The Balaban J connectivity index is 2.46. The van der Waals surface area contributed by atoms with Gasteiger partial charge in [-0.25, -0.2) is 14.8 Å². The van der Waals surface area contributed by atoms with Crippen LogP contribution in [-0.4, -0.2) is 21.0 Å². The van der Waals surface area contributed by atoms with Gasteiger partial charge in [0, 0.05) is 5.56 Å². The second kappa shape index (κ2) is 4.10. The second-order valence-corrected chi connectivity index (χ2v) is 3.36. The largest absolute Gasteiger partial charge is 0.476 e. The monoisotopic (exact) mass is 214 g/mol. The van der Waals surface area contributed by atoms with Gasteiger partial charge >= 0.3 is 5.97 Å². The van der Waals surface area contributed by atoms with Crippen LogP contribution in [0.5, 0.6) is 0 Å². The number of aromatic carboxylic acids is 1. The summed E-state index contributed by atoms with van der Waals surface area (Å²) in [6.07, 6.45) is 1.48. The van der Waals surface area contributed by atoms with Gasteiger partial charge in [0.1, 0.15) is 0 Å². The summed E-state index contributed by atoms with van der Waals surface area (Å²) in [5.41, 5.74) is 2.03. The van der Waals surface area contributed by atoms with Crippen LogP contribution in [-0.2, 0) is 0 Å². The molecule has 80 valence electrons. The fourth-order valence-electron chi connectivity index (χ4n) is 1.44. The van der Waals surface area contributed by atoms with Crippen molar-refractivity contribution in [3.05, 3.63) is 47.9 Å². The Labute approximate surface area is 92.6 Å². The number of benzene rings is 1. The predicted octanol–water partition coefficient (Wildman–Crippen LogP) is 2.15. The van der Waals surface area contributed by atoms with Gasteiger partial charge in [-0.05, 0) is 6.92 Å². The highest BCUT2D eigenvalue weighted by molar-refractivity contribution is 5.86. The fourth-order valence-corrected chi connectivity index (χ4v) is 1.44. The van der Waals surface area contributed by atoms with Crippen LogP contribution in [0.4, 0.5) is 0 Å². The highest BCUT2D eigenvalue weighted by Crippen LogP contribution is 2.16. The third-order valence-corrected chi connectivity index (χ3v) is 2.22. The molecule has 2 aromatic rings. The molecule has 0 bridgehead atoms. The predicted molar refractivity (Wildman–Crippen MR) is 59.2 cm³/mol. The minimum Gasteiger partial charge on any atom is -0.476 e. The van der Waals surface area contributed by atoms with Crippen LogP contribution < -0.4 is 0 Å². The van der Waals surface area contributed by atoms with Crippen molar-refractivity contribution in [3.8, 4) is 11.3 Å². The van der Waals surface area contributed by atoms with Crippen LogP contribution in [0.25, 0.3) is 11.3 Å². The Morgan fingerprint density at radius 3 is 2.50 bits per heavy atom. The van der Waals surface area contributed by atoms with Crippen molar-refractivity contribution < 1.29 is 9.90 Å². The van der Waals surface area contributed by atoms with Crippen molar-refractivity contribution >= 4 is 5.97 Å². The zero-order valence-electron chi connectivity index (χ0n) is 8.71. The lowest BCUT2D eigenvalue weighted by Gasteiger charge is -2.03. The molecule has 1 N–H and O–H groups in total. The number of aryl methyl sites for hydroxylation is 1. The smallest absolute Gasteiger partial charge is 0.356 e. The number of carbonyl (C=O) groups is 1. The number of hydrogen-bond donors (Lipinski definition) is 1. The summed E-state index contributed by atoms with van der Waals surface area (Å²) in [6, 6.07) is 9.53. The topological polar surface area (TPSA) is 63.1 Å². The maximum absolute atomic E-state index is 10.8. The van der Waals surface area contributed by atoms with Crippen molar-refractivity contribution in [2.75, 3.05) is 0 Å². The van der Waals surface area contributed by atoms with E-state index in [1.54, 1.807) is 6.92 Å². The molecule has 0 aliphatic carbocycles. The zero-order chi connectivity index (χ0) is 11.5. The molecular weight excluding hydrogens is 204 g/mol. The Kier molecular flexibility index (Phi) is 2.64. The molecule has 0 fully saturated rings. The van der Waals surface area contributed by atoms with Gasteiger partial charge in [0.05, 0.1) is 17.6 Å². The van der Waals surface area contributed by atoms with E-state index in [1.165, 1.54) is 6.20 Å². The van der Waals surface area contributed by atoms with E-state index in [9.17, 15) is 4.79 Å². The molecule has 0 saturated heterocycles. The van der Waals surface area contributed by atoms with Gasteiger partial charge in [0.15, 0.2) is 5.69 Å². The standard InChI is InChI=1S/C12H10N2O2/c1-8-11(12(15)16)13-7-10(14-8)9-5-3-2-4-6-9/h2-7H,1H3,(H,15,16). The summed E-state index contributed by atoms with van der Waals surface area (Å²) in [5, 5.41) is 8.82. The maximum atomic E-state index is 10.8. The molecular formula is C12H10N2O2. The Bertz CT molecular complexity index is 524. The summed E-state index contributed by atoms with van der Waals surface area (Å²) in [7, 11) is 0. The van der Waals surface area contributed by atoms with Crippen molar-refractivity contribution in [2.45, 2.75) is 6.92 Å². The lowest BCUT2D eigenvalue weighted by atomic mass is 10.1. The van der Waals surface area contributed by atoms with Gasteiger partial charge < -0.3 is 5.11 Å². The van der Waals surface area contributed by atoms with Crippen LogP contribution in [0.15, 0.2) is 36.5 Å². The van der Waals surface area contributed by atoms with E-state index < -0.39 is 5.97 Å². The first kappa shape index (κ1) is 10.3. The number of carboxylic acids is 1. The van der Waals surface area contributed by atoms with Gasteiger partial charge in [-0.3, -0.25) is 0 Å². The normalized spacial score (nSPS) is 10.1. The van der Waals surface area contributed by atoms with Gasteiger partial charge in [-0.1, -0.05) is 30.3 Å². The highest BCUT2D eigenvalue weighted by atomic mass is 16.4. The van der Waals surface area contributed by atoms with Gasteiger partial charge in [0.2, 0.25) is 0 Å². The summed E-state index contributed by atoms with van der Waals surface area (Å²) in [6.45, 7) is 1.64. The summed E-state index contributed by atoms with van der Waals surface area (Å²) in [4.78, 5) is 18.9. The summed E-state index contributed by atoms with van der Waals surface area (Å²) < 4.78 is 0. The molecule has 0 amide bonds. The first-order valence-electron chi connectivity index (χ1n) is 4.81. The third kappa shape index (κ3) is 1.91. The van der Waals surface area contributed by atoms with Crippen molar-refractivity contribution in [3.63, 3.8) is 0 Å². The molecule has 0 spiro atoms. The Morgan fingerprint density at radius 1 is 1.25 bits per heavy atom. The van der Waals surface area contributed by atoms with E-state index >= 15 is 0 Å². The summed E-state index contributed by atoms with van der Waals surface area (Å²) >= 11 is 0. The molecule has 0 atom stereocenters. The van der Waals surface area contributed by atoms with E-state index in [0.29, 0.717) is 11.4 Å². The molecule has 1 aromatic carbocycles. The van der Waals surface area contributed by atoms with Crippen LogP contribution >= 0.6 is 0 Å². The van der Waals surface area contributed by atoms with E-state index in [0.717, 1.165) is 5.56 Å². The van der Waals surface area contributed by atoms with Gasteiger partial charge in [-0.15, -0.1) is 0 Å². The van der Waals surface area contributed by atoms with Crippen LogP contribution in [0.3, 0.4) is 0 Å². The highest BCUT2D eigenvalue weighted by Gasteiger charge is 2.10. The van der Waals surface area contributed by atoms with E-state index in [4.69, 9.17) is 5.11 Å². The molecule has 0 unspecified atom stereocenters. The lowest BCUT2D eigenvalue weighted by molar-refractivity contribution is 0.0689. The van der Waals surface area contributed by atoms with Crippen LogP contribution in [0.1, 0.15) is 16.2 Å². The van der Waals surface area contributed by atoms with Crippen LogP contribution in [0.2, 0.25) is 0 Å². The number of hydrogen-bond acceptors (Lipinski definition) is 3. The van der Waals surface area contributed by atoms with Crippen molar-refractivity contribution in [1.29, 1.82) is 0 Å². The molecule has 1 aromatic heterocycles. The average Bonchev–Trinajstić information content (AvgIpc) is 2.29. The lowest BCUT2D eigenvalue weighted by Crippen LogP contribution is -2.05. The average molecular weight is 214 g/mol. The number of aromatic nitrogens is 2. The Hall–Kier alpha value is -2.23. The maximum Gasteiger partial charge on any atom is 0.356 e. The quantitative estimate of drug-likeness (QED) is 0.831. The zero-order valence-corrected chi connectivity index (χ0v) is 8.71. The van der Waals surface area contributed by atoms with Gasteiger partial charge in [0.25, 0.3) is 0 Å². The van der Waals surface area contributed by atoms with E-state index in [2.05, 4.69) is 9.97 Å². The van der Waals surface area contributed by atoms with Gasteiger partial charge in [-0.2, -0.15) is 0 Å². The van der Waals surface area contributed by atoms with Crippen molar-refractivity contribution in [2.24, 2.45) is 0 Å². The Morgan fingerprint density at radius 2 is 1.94 bits per heavy atom.